The van der Waals surface area contributed by atoms with Crippen LogP contribution in [-0.2, 0) is 9.84 Å². The number of fused-ring (bicyclic) bond motifs is 1. The third-order valence-corrected chi connectivity index (χ3v) is 5.78. The van der Waals surface area contributed by atoms with Crippen molar-refractivity contribution in [1.82, 2.24) is 0 Å². The van der Waals surface area contributed by atoms with E-state index in [-0.39, 0.29) is 17.1 Å². The van der Waals surface area contributed by atoms with Gasteiger partial charge >= 0.3 is 0 Å². The van der Waals surface area contributed by atoms with E-state index in [4.69, 9.17) is 4.42 Å². The summed E-state index contributed by atoms with van der Waals surface area (Å²) in [5.74, 6) is -1.19. The molecule has 1 aliphatic heterocycles. The number of halogens is 1. The Labute approximate surface area is 115 Å². The van der Waals surface area contributed by atoms with Crippen molar-refractivity contribution in [3.05, 3.63) is 35.8 Å². The van der Waals surface area contributed by atoms with E-state index in [1.165, 1.54) is 18.2 Å². The minimum Gasteiger partial charge on any atom is -0.450 e. The number of hydrogen-bond donors (Lipinski definition) is 0. The molecule has 1 fully saturated rings. The minimum absolute atomic E-state index is 0.0101. The van der Waals surface area contributed by atoms with Gasteiger partial charge in [0.25, 0.3) is 0 Å². The monoisotopic (exact) mass is 296 g/mol. The molecular weight excluding hydrogens is 283 g/mol. The fourth-order valence-electron chi connectivity index (χ4n) is 2.56. The topological polar surface area (TPSA) is 64.3 Å². The van der Waals surface area contributed by atoms with Crippen molar-refractivity contribution in [3.8, 4) is 0 Å². The molecule has 0 aliphatic carbocycles. The van der Waals surface area contributed by atoms with Crippen LogP contribution in [-0.4, -0.2) is 25.2 Å². The highest BCUT2D eigenvalue weighted by atomic mass is 32.2. The van der Waals surface area contributed by atoms with Crippen molar-refractivity contribution < 1.29 is 22.0 Å². The summed E-state index contributed by atoms with van der Waals surface area (Å²) in [5, 5.41) is -0.596. The van der Waals surface area contributed by atoms with Gasteiger partial charge in [-0.2, -0.15) is 0 Å². The lowest BCUT2D eigenvalue weighted by Gasteiger charge is -2.19. The molecule has 0 bridgehead atoms. The summed E-state index contributed by atoms with van der Waals surface area (Å²) >= 11 is 0. The van der Waals surface area contributed by atoms with Crippen molar-refractivity contribution in [3.63, 3.8) is 0 Å². The van der Waals surface area contributed by atoms with Crippen molar-refractivity contribution >= 4 is 26.6 Å². The zero-order valence-electron chi connectivity index (χ0n) is 10.6. The maximum absolute atomic E-state index is 13.5. The Balaban J connectivity index is 2.02. The second kappa shape index (κ2) is 4.70. The van der Waals surface area contributed by atoms with Gasteiger partial charge in [0.05, 0.1) is 5.75 Å². The smallest absolute Gasteiger partial charge is 0.216 e. The van der Waals surface area contributed by atoms with Crippen molar-refractivity contribution in [2.24, 2.45) is 0 Å². The van der Waals surface area contributed by atoms with E-state index in [1.807, 2.05) is 0 Å². The van der Waals surface area contributed by atoms with Gasteiger partial charge in [0.1, 0.15) is 5.25 Å². The van der Waals surface area contributed by atoms with Crippen LogP contribution >= 0.6 is 0 Å². The summed E-state index contributed by atoms with van der Waals surface area (Å²) in [6.07, 6.45) is 1.59. The standard InChI is InChI=1S/C14H13FO4S/c15-10-5-3-4-9-8-11(19-14(9)10)13(16)12-6-1-2-7-20(12,17)18/h3-5,8,12H,1-2,6-7H2. The Morgan fingerprint density at radius 1 is 1.30 bits per heavy atom. The number of ketones is 1. The number of carbonyl (C=O) groups is 1. The molecule has 2 heterocycles. The van der Waals surface area contributed by atoms with Crippen LogP contribution < -0.4 is 0 Å². The summed E-state index contributed by atoms with van der Waals surface area (Å²) in [7, 11) is -3.42. The van der Waals surface area contributed by atoms with Gasteiger partial charge in [0.2, 0.25) is 5.78 Å². The molecule has 1 atom stereocenters. The minimum atomic E-state index is -3.42. The van der Waals surface area contributed by atoms with Crippen LogP contribution in [0.2, 0.25) is 0 Å². The summed E-state index contributed by atoms with van der Waals surface area (Å²) in [5.41, 5.74) is -0.0101. The van der Waals surface area contributed by atoms with Crippen LogP contribution in [0.5, 0.6) is 0 Å². The molecule has 0 saturated carbocycles. The largest absolute Gasteiger partial charge is 0.450 e. The lowest BCUT2D eigenvalue weighted by atomic mass is 10.1. The van der Waals surface area contributed by atoms with Crippen molar-refractivity contribution in [2.45, 2.75) is 24.5 Å². The number of hydrogen-bond acceptors (Lipinski definition) is 4. The molecule has 1 aromatic heterocycles. The Kier molecular flexibility index (Phi) is 3.12. The Hall–Kier alpha value is -1.69. The van der Waals surface area contributed by atoms with Crippen LogP contribution in [0.4, 0.5) is 4.39 Å². The number of para-hydroxylation sites is 1. The Morgan fingerprint density at radius 3 is 2.80 bits per heavy atom. The van der Waals surface area contributed by atoms with E-state index >= 15 is 0 Å². The highest BCUT2D eigenvalue weighted by Crippen LogP contribution is 2.27. The maximum atomic E-state index is 13.5. The van der Waals surface area contributed by atoms with Gasteiger partial charge in [-0.25, -0.2) is 12.8 Å². The number of carbonyl (C=O) groups excluding carboxylic acids is 1. The molecule has 1 aliphatic rings. The molecular formula is C14H13FO4S. The third kappa shape index (κ3) is 2.14. The first-order valence-electron chi connectivity index (χ1n) is 6.43. The summed E-state index contributed by atoms with van der Waals surface area (Å²) in [6, 6.07) is 5.77. The van der Waals surface area contributed by atoms with Crippen LogP contribution in [0, 0.1) is 5.82 Å². The predicted molar refractivity (Wildman–Crippen MR) is 71.9 cm³/mol. The first-order valence-corrected chi connectivity index (χ1v) is 8.14. The fraction of sp³-hybridized carbons (Fsp3) is 0.357. The first-order chi connectivity index (χ1) is 9.49. The molecule has 0 radical (unpaired) electrons. The van der Waals surface area contributed by atoms with Gasteiger partial charge in [-0.3, -0.25) is 4.79 Å². The third-order valence-electron chi connectivity index (χ3n) is 3.61. The van der Waals surface area contributed by atoms with Crippen LogP contribution in [0.25, 0.3) is 11.0 Å². The summed E-state index contributed by atoms with van der Waals surface area (Å²) in [6.45, 7) is 0. The second-order valence-electron chi connectivity index (χ2n) is 4.98. The van der Waals surface area contributed by atoms with Gasteiger partial charge in [-0.1, -0.05) is 18.6 Å². The molecule has 1 saturated heterocycles. The van der Waals surface area contributed by atoms with Gasteiger partial charge in [-0.05, 0) is 25.0 Å². The molecule has 2 aromatic rings. The predicted octanol–water partition coefficient (Wildman–Crippen LogP) is 2.72. The molecule has 0 amide bonds. The van der Waals surface area contributed by atoms with E-state index in [0.29, 0.717) is 24.6 Å². The highest BCUT2D eigenvalue weighted by molar-refractivity contribution is 7.92. The summed E-state index contributed by atoms with van der Waals surface area (Å²) < 4.78 is 42.6. The fourth-order valence-corrected chi connectivity index (χ4v) is 4.42. The van der Waals surface area contributed by atoms with Crippen molar-refractivity contribution in [1.29, 1.82) is 0 Å². The molecule has 20 heavy (non-hydrogen) atoms. The van der Waals surface area contributed by atoms with Gasteiger partial charge in [-0.15, -0.1) is 0 Å². The summed E-state index contributed by atoms with van der Waals surface area (Å²) in [4.78, 5) is 12.3. The van der Waals surface area contributed by atoms with Crippen LogP contribution in [0.3, 0.4) is 0 Å². The second-order valence-corrected chi connectivity index (χ2v) is 7.29. The Morgan fingerprint density at radius 2 is 2.10 bits per heavy atom. The van der Waals surface area contributed by atoms with E-state index < -0.39 is 26.7 Å². The SMILES string of the molecule is O=C(c1cc2cccc(F)c2o1)C1CCCCS1(=O)=O. The number of rotatable bonds is 2. The lowest BCUT2D eigenvalue weighted by Crippen LogP contribution is -2.35. The van der Waals surface area contributed by atoms with Crippen molar-refractivity contribution in [2.75, 3.05) is 5.75 Å². The molecule has 0 N–H and O–H groups in total. The number of sulfone groups is 1. The van der Waals surface area contributed by atoms with Gasteiger partial charge in [0, 0.05) is 5.39 Å². The van der Waals surface area contributed by atoms with Gasteiger partial charge < -0.3 is 4.42 Å². The maximum Gasteiger partial charge on any atom is 0.216 e. The average Bonchev–Trinajstić information content (AvgIpc) is 2.83. The van der Waals surface area contributed by atoms with Gasteiger partial charge in [0.15, 0.2) is 27.0 Å². The quantitative estimate of drug-likeness (QED) is 0.799. The average molecular weight is 296 g/mol. The number of benzene rings is 1. The van der Waals surface area contributed by atoms with Crippen LogP contribution in [0.15, 0.2) is 28.7 Å². The number of furan rings is 1. The van der Waals surface area contributed by atoms with E-state index in [9.17, 15) is 17.6 Å². The molecule has 4 nitrogen and oxygen atoms in total. The van der Waals surface area contributed by atoms with E-state index in [0.717, 1.165) is 0 Å². The lowest BCUT2D eigenvalue weighted by molar-refractivity contribution is 0.0956. The molecule has 6 heteroatoms. The first kappa shape index (κ1) is 13.3. The van der Waals surface area contributed by atoms with E-state index in [2.05, 4.69) is 0 Å². The van der Waals surface area contributed by atoms with Crippen LogP contribution in [0.1, 0.15) is 29.8 Å². The normalized spacial score (nSPS) is 21.9. The number of Topliss-reactive ketones (excluding diaryl/α,β-unsaturated/α-hetero) is 1. The molecule has 1 unspecified atom stereocenters. The zero-order chi connectivity index (χ0) is 14.3. The van der Waals surface area contributed by atoms with E-state index in [1.54, 1.807) is 6.07 Å². The zero-order valence-corrected chi connectivity index (χ0v) is 11.5. The molecule has 1 aromatic carbocycles. The molecule has 0 spiro atoms. The molecule has 106 valence electrons. The molecule has 3 rings (SSSR count). The Bertz CT molecular complexity index is 776. The highest BCUT2D eigenvalue weighted by Gasteiger charge is 2.36.